The van der Waals surface area contributed by atoms with Crippen molar-refractivity contribution in [1.29, 1.82) is 0 Å². The highest BCUT2D eigenvalue weighted by atomic mass is 127. The smallest absolute Gasteiger partial charge is 0.255 e. The number of carbonyl (C=O) groups is 1. The van der Waals surface area contributed by atoms with Crippen LogP contribution in [0.25, 0.3) is 0 Å². The first-order valence-corrected chi connectivity index (χ1v) is 7.47. The fourth-order valence-corrected chi connectivity index (χ4v) is 2.71. The van der Waals surface area contributed by atoms with Crippen molar-refractivity contribution in [2.24, 2.45) is 0 Å². The molecule has 0 bridgehead atoms. The summed E-state index contributed by atoms with van der Waals surface area (Å²) in [5.41, 5.74) is 8.78. The minimum absolute atomic E-state index is 0.150. The van der Waals surface area contributed by atoms with E-state index in [2.05, 4.69) is 43.8 Å². The molecule has 2 rings (SSSR count). The van der Waals surface area contributed by atoms with Crippen LogP contribution >= 0.6 is 38.5 Å². The molecule has 0 radical (unpaired) electrons. The Balaban J connectivity index is 2.27. The van der Waals surface area contributed by atoms with Gasteiger partial charge in [0.1, 0.15) is 0 Å². The molecule has 0 heterocycles. The van der Waals surface area contributed by atoms with Gasteiger partial charge in [-0.3, -0.25) is 4.79 Å². The molecule has 0 spiro atoms. The van der Waals surface area contributed by atoms with Crippen molar-refractivity contribution < 1.29 is 4.79 Å². The highest BCUT2D eigenvalue weighted by Crippen LogP contribution is 2.28. The van der Waals surface area contributed by atoms with Crippen LogP contribution in [0.2, 0.25) is 0 Å². The lowest BCUT2D eigenvalue weighted by molar-refractivity contribution is 0.102. The average Bonchev–Trinajstić information content (AvgIpc) is 2.36. The maximum absolute atomic E-state index is 12.1. The van der Waals surface area contributed by atoms with Gasteiger partial charge in [0.25, 0.3) is 5.91 Å². The van der Waals surface area contributed by atoms with E-state index in [0.717, 1.165) is 13.6 Å². The summed E-state index contributed by atoms with van der Waals surface area (Å²) >= 11 is 5.60. The number of benzene rings is 2. The normalized spacial score (nSPS) is 10.3. The van der Waals surface area contributed by atoms with Gasteiger partial charge < -0.3 is 11.1 Å². The van der Waals surface area contributed by atoms with Crippen LogP contribution in [0, 0.1) is 10.5 Å². The van der Waals surface area contributed by atoms with E-state index < -0.39 is 0 Å². The number of halogens is 2. The molecule has 1 amide bonds. The first kappa shape index (κ1) is 14.3. The molecule has 0 aliphatic carbocycles. The summed E-state index contributed by atoms with van der Waals surface area (Å²) < 4.78 is 1.84. The lowest BCUT2D eigenvalue weighted by atomic mass is 10.1. The number of anilines is 2. The first-order valence-electron chi connectivity index (χ1n) is 5.60. The van der Waals surface area contributed by atoms with Crippen molar-refractivity contribution >= 4 is 55.8 Å². The third kappa shape index (κ3) is 3.48. The number of nitrogens with two attached hydrogens (primary N) is 1. The third-order valence-corrected chi connectivity index (χ3v) is 4.02. The minimum atomic E-state index is -0.150. The zero-order valence-corrected chi connectivity index (χ0v) is 13.9. The number of carbonyl (C=O) groups excluding carboxylic acids is 1. The number of nitrogens with one attached hydrogen (secondary N) is 1. The van der Waals surface area contributed by atoms with Crippen LogP contribution in [0.5, 0.6) is 0 Å². The van der Waals surface area contributed by atoms with E-state index >= 15 is 0 Å². The van der Waals surface area contributed by atoms with Crippen LogP contribution in [0.3, 0.4) is 0 Å². The van der Waals surface area contributed by atoms with Gasteiger partial charge in [0.05, 0.1) is 5.69 Å². The molecule has 0 fully saturated rings. The van der Waals surface area contributed by atoms with Crippen molar-refractivity contribution in [2.75, 3.05) is 11.1 Å². The Morgan fingerprint density at radius 3 is 2.74 bits per heavy atom. The molecule has 3 N–H and O–H groups in total. The predicted molar refractivity (Wildman–Crippen MR) is 90.4 cm³/mol. The fraction of sp³-hybridized carbons (Fsp3) is 0.0714. The topological polar surface area (TPSA) is 55.1 Å². The van der Waals surface area contributed by atoms with Gasteiger partial charge in [-0.15, -0.1) is 0 Å². The molecule has 2 aromatic carbocycles. The summed E-state index contributed by atoms with van der Waals surface area (Å²) in [5.74, 6) is -0.150. The van der Waals surface area contributed by atoms with Gasteiger partial charge >= 0.3 is 0 Å². The van der Waals surface area contributed by atoms with E-state index in [1.54, 1.807) is 12.1 Å². The molecule has 0 unspecified atom stereocenters. The SMILES string of the molecule is Cc1cc(Br)c(NC(=O)c2cccc(I)c2)cc1N. The Morgan fingerprint density at radius 1 is 1.32 bits per heavy atom. The number of rotatable bonds is 2. The van der Waals surface area contributed by atoms with E-state index in [4.69, 9.17) is 5.73 Å². The number of nitrogen functional groups attached to an aromatic ring is 1. The maximum atomic E-state index is 12.1. The van der Waals surface area contributed by atoms with E-state index in [1.807, 2.05) is 31.2 Å². The molecule has 0 aliphatic rings. The Hall–Kier alpha value is -1.08. The molecular formula is C14H12BrIN2O. The van der Waals surface area contributed by atoms with Gasteiger partial charge in [0.2, 0.25) is 0 Å². The lowest BCUT2D eigenvalue weighted by Gasteiger charge is -2.10. The number of hydrogen-bond acceptors (Lipinski definition) is 2. The Kier molecular flexibility index (Phi) is 4.46. The minimum Gasteiger partial charge on any atom is -0.398 e. The van der Waals surface area contributed by atoms with Crippen LogP contribution in [-0.2, 0) is 0 Å². The Bertz CT molecular complexity index is 643. The molecule has 3 nitrogen and oxygen atoms in total. The second-order valence-corrected chi connectivity index (χ2v) is 6.25. The van der Waals surface area contributed by atoms with Gasteiger partial charge in [-0.1, -0.05) is 6.07 Å². The summed E-state index contributed by atoms with van der Waals surface area (Å²) in [4.78, 5) is 12.1. The van der Waals surface area contributed by atoms with Crippen LogP contribution in [0.15, 0.2) is 40.9 Å². The van der Waals surface area contributed by atoms with Gasteiger partial charge in [-0.2, -0.15) is 0 Å². The van der Waals surface area contributed by atoms with Gasteiger partial charge in [-0.25, -0.2) is 0 Å². The van der Waals surface area contributed by atoms with Crippen molar-refractivity contribution in [1.82, 2.24) is 0 Å². The van der Waals surface area contributed by atoms with Crippen LogP contribution in [-0.4, -0.2) is 5.91 Å². The number of hydrogen-bond donors (Lipinski definition) is 2. The standard InChI is InChI=1S/C14H12BrIN2O/c1-8-5-11(15)13(7-12(8)17)18-14(19)9-3-2-4-10(16)6-9/h2-7H,17H2,1H3,(H,18,19). The van der Waals surface area contributed by atoms with Crippen molar-refractivity contribution in [2.45, 2.75) is 6.92 Å². The molecular weight excluding hydrogens is 419 g/mol. The Labute approximate surface area is 133 Å². The van der Waals surface area contributed by atoms with Crippen LogP contribution in [0.1, 0.15) is 15.9 Å². The number of amides is 1. The number of aryl methyl sites for hydroxylation is 1. The second-order valence-electron chi connectivity index (χ2n) is 4.15. The van der Waals surface area contributed by atoms with Crippen LogP contribution < -0.4 is 11.1 Å². The van der Waals surface area contributed by atoms with E-state index in [1.165, 1.54) is 0 Å². The van der Waals surface area contributed by atoms with Gasteiger partial charge in [0, 0.05) is 19.3 Å². The molecule has 5 heteroatoms. The molecule has 0 aromatic heterocycles. The largest absolute Gasteiger partial charge is 0.398 e. The predicted octanol–water partition coefficient (Wildman–Crippen LogP) is 4.20. The summed E-state index contributed by atoms with van der Waals surface area (Å²) in [6, 6.07) is 11.1. The summed E-state index contributed by atoms with van der Waals surface area (Å²) in [6.45, 7) is 1.92. The zero-order chi connectivity index (χ0) is 14.0. The zero-order valence-electron chi connectivity index (χ0n) is 10.2. The summed E-state index contributed by atoms with van der Waals surface area (Å²) in [7, 11) is 0. The lowest BCUT2D eigenvalue weighted by Crippen LogP contribution is -2.12. The summed E-state index contributed by atoms with van der Waals surface area (Å²) in [6.07, 6.45) is 0. The van der Waals surface area contributed by atoms with Crippen LogP contribution in [0.4, 0.5) is 11.4 Å². The monoisotopic (exact) mass is 430 g/mol. The molecule has 0 atom stereocenters. The van der Waals surface area contributed by atoms with E-state index in [-0.39, 0.29) is 5.91 Å². The highest BCUT2D eigenvalue weighted by molar-refractivity contribution is 14.1. The van der Waals surface area contributed by atoms with E-state index in [9.17, 15) is 4.79 Å². The van der Waals surface area contributed by atoms with E-state index in [0.29, 0.717) is 16.9 Å². The fourth-order valence-electron chi connectivity index (χ4n) is 1.61. The van der Waals surface area contributed by atoms with Crippen molar-refractivity contribution in [3.05, 3.63) is 55.6 Å². The molecule has 98 valence electrons. The Morgan fingerprint density at radius 2 is 2.05 bits per heavy atom. The molecule has 0 aliphatic heterocycles. The second kappa shape index (κ2) is 5.92. The third-order valence-electron chi connectivity index (χ3n) is 2.69. The van der Waals surface area contributed by atoms with Gasteiger partial charge in [0.15, 0.2) is 0 Å². The highest BCUT2D eigenvalue weighted by Gasteiger charge is 2.10. The molecule has 2 aromatic rings. The molecule has 0 saturated heterocycles. The average molecular weight is 431 g/mol. The van der Waals surface area contributed by atoms with Crippen molar-refractivity contribution in [3.8, 4) is 0 Å². The quantitative estimate of drug-likeness (QED) is 0.554. The summed E-state index contributed by atoms with van der Waals surface area (Å²) in [5, 5.41) is 2.85. The first-order chi connectivity index (χ1) is 8.97. The maximum Gasteiger partial charge on any atom is 0.255 e. The van der Waals surface area contributed by atoms with Crippen molar-refractivity contribution in [3.63, 3.8) is 0 Å². The van der Waals surface area contributed by atoms with Gasteiger partial charge in [-0.05, 0) is 81.3 Å². The molecule has 0 saturated carbocycles. The molecule has 19 heavy (non-hydrogen) atoms.